The van der Waals surface area contributed by atoms with E-state index in [0.717, 1.165) is 11.1 Å². The number of halogens is 1. The van der Waals surface area contributed by atoms with Crippen molar-refractivity contribution in [2.75, 3.05) is 11.9 Å². The summed E-state index contributed by atoms with van der Waals surface area (Å²) >= 11 is 5.93. The molecule has 0 aliphatic rings. The van der Waals surface area contributed by atoms with Gasteiger partial charge in [-0.3, -0.25) is 9.59 Å². The number of benzene rings is 2. The Hall–Kier alpha value is -2.33. The second-order valence-electron chi connectivity index (χ2n) is 6.89. The summed E-state index contributed by atoms with van der Waals surface area (Å²) in [7, 11) is 0. The SMILES string of the molecule is CC(C)(C)c1ccccc1NC(=O)C(=O)NCCc1cccc(Cl)c1. The van der Waals surface area contributed by atoms with Crippen molar-refractivity contribution in [1.82, 2.24) is 5.32 Å². The molecule has 0 spiro atoms. The third-order valence-corrected chi connectivity index (χ3v) is 4.01. The van der Waals surface area contributed by atoms with Crippen molar-refractivity contribution in [2.45, 2.75) is 32.6 Å². The third-order valence-electron chi connectivity index (χ3n) is 3.78. The van der Waals surface area contributed by atoms with Crippen LogP contribution in [0.2, 0.25) is 5.02 Å². The third kappa shape index (κ3) is 5.61. The maximum atomic E-state index is 12.1. The van der Waals surface area contributed by atoms with E-state index in [-0.39, 0.29) is 5.41 Å². The number of nitrogens with one attached hydrogen (secondary N) is 2. The molecule has 0 saturated heterocycles. The summed E-state index contributed by atoms with van der Waals surface area (Å²) in [5, 5.41) is 5.99. The molecule has 0 aliphatic heterocycles. The molecule has 0 fully saturated rings. The van der Waals surface area contributed by atoms with Crippen LogP contribution in [0.15, 0.2) is 48.5 Å². The Kier molecular flexibility index (Phi) is 6.21. The molecule has 0 unspecified atom stereocenters. The second kappa shape index (κ2) is 8.17. The Labute approximate surface area is 153 Å². The van der Waals surface area contributed by atoms with Crippen LogP contribution in [0.1, 0.15) is 31.9 Å². The first-order chi connectivity index (χ1) is 11.8. The topological polar surface area (TPSA) is 58.2 Å². The van der Waals surface area contributed by atoms with Crippen molar-refractivity contribution in [2.24, 2.45) is 0 Å². The molecule has 5 heteroatoms. The predicted molar refractivity (Wildman–Crippen MR) is 102 cm³/mol. The van der Waals surface area contributed by atoms with Gasteiger partial charge in [-0.25, -0.2) is 0 Å². The smallest absolute Gasteiger partial charge is 0.313 e. The van der Waals surface area contributed by atoms with E-state index in [2.05, 4.69) is 31.4 Å². The molecule has 2 amide bonds. The van der Waals surface area contributed by atoms with Gasteiger partial charge in [-0.1, -0.05) is 62.7 Å². The van der Waals surface area contributed by atoms with Crippen LogP contribution in [-0.4, -0.2) is 18.4 Å². The highest BCUT2D eigenvalue weighted by Crippen LogP contribution is 2.29. The average molecular weight is 359 g/mol. The van der Waals surface area contributed by atoms with Gasteiger partial charge < -0.3 is 10.6 Å². The van der Waals surface area contributed by atoms with Crippen molar-refractivity contribution in [3.8, 4) is 0 Å². The summed E-state index contributed by atoms with van der Waals surface area (Å²) in [6.45, 7) is 6.54. The lowest BCUT2D eigenvalue weighted by Crippen LogP contribution is -2.37. The number of hydrogen-bond donors (Lipinski definition) is 2. The van der Waals surface area contributed by atoms with Crippen LogP contribution in [-0.2, 0) is 21.4 Å². The highest BCUT2D eigenvalue weighted by Gasteiger charge is 2.20. The Morgan fingerprint density at radius 2 is 1.72 bits per heavy atom. The number of anilines is 1. The van der Waals surface area contributed by atoms with Gasteiger partial charge in [0.15, 0.2) is 0 Å². The molecule has 4 nitrogen and oxygen atoms in total. The number of carbonyl (C=O) groups excluding carboxylic acids is 2. The van der Waals surface area contributed by atoms with Crippen molar-refractivity contribution < 1.29 is 9.59 Å². The molecule has 25 heavy (non-hydrogen) atoms. The minimum absolute atomic E-state index is 0.132. The number of amides is 2. The maximum absolute atomic E-state index is 12.1. The molecular weight excluding hydrogens is 336 g/mol. The lowest BCUT2D eigenvalue weighted by Gasteiger charge is -2.22. The first-order valence-corrected chi connectivity index (χ1v) is 8.58. The lowest BCUT2D eigenvalue weighted by molar-refractivity contribution is -0.136. The van der Waals surface area contributed by atoms with E-state index < -0.39 is 11.8 Å². The summed E-state index contributed by atoms with van der Waals surface area (Å²) in [5.74, 6) is -1.31. The number of para-hydroxylation sites is 1. The summed E-state index contributed by atoms with van der Waals surface area (Å²) < 4.78 is 0. The van der Waals surface area contributed by atoms with Gasteiger partial charge in [0, 0.05) is 17.3 Å². The first kappa shape index (κ1) is 19.0. The van der Waals surface area contributed by atoms with Gasteiger partial charge in [0.05, 0.1) is 0 Å². The summed E-state index contributed by atoms with van der Waals surface area (Å²) in [6.07, 6.45) is 0.609. The van der Waals surface area contributed by atoms with Crippen molar-refractivity contribution in [3.05, 3.63) is 64.7 Å². The van der Waals surface area contributed by atoms with Crippen LogP contribution in [0.3, 0.4) is 0 Å². The summed E-state index contributed by atoms with van der Waals surface area (Å²) in [6, 6.07) is 14.9. The maximum Gasteiger partial charge on any atom is 0.313 e. The molecule has 2 rings (SSSR count). The van der Waals surface area contributed by atoms with Crippen LogP contribution in [0.25, 0.3) is 0 Å². The van der Waals surface area contributed by atoms with Gasteiger partial charge in [-0.15, -0.1) is 0 Å². The number of rotatable bonds is 4. The van der Waals surface area contributed by atoms with Crippen LogP contribution in [0.4, 0.5) is 5.69 Å². The first-order valence-electron chi connectivity index (χ1n) is 8.20. The van der Waals surface area contributed by atoms with Gasteiger partial charge >= 0.3 is 11.8 Å². The fourth-order valence-corrected chi connectivity index (χ4v) is 2.73. The van der Waals surface area contributed by atoms with E-state index in [0.29, 0.717) is 23.7 Å². The molecule has 0 bridgehead atoms. The molecule has 0 radical (unpaired) electrons. The predicted octanol–water partition coefficient (Wildman–Crippen LogP) is 3.93. The fraction of sp³-hybridized carbons (Fsp3) is 0.300. The molecule has 0 aliphatic carbocycles. The van der Waals surface area contributed by atoms with Gasteiger partial charge in [-0.05, 0) is 41.2 Å². The van der Waals surface area contributed by atoms with Crippen LogP contribution in [0, 0.1) is 0 Å². The van der Waals surface area contributed by atoms with E-state index in [9.17, 15) is 9.59 Å². The zero-order chi connectivity index (χ0) is 18.4. The Bertz CT molecular complexity index is 766. The van der Waals surface area contributed by atoms with Gasteiger partial charge in [-0.2, -0.15) is 0 Å². The molecular formula is C20H23ClN2O2. The molecule has 132 valence electrons. The van der Waals surface area contributed by atoms with Crippen molar-refractivity contribution in [1.29, 1.82) is 0 Å². The second-order valence-corrected chi connectivity index (χ2v) is 7.32. The Morgan fingerprint density at radius 3 is 2.40 bits per heavy atom. The zero-order valence-electron chi connectivity index (χ0n) is 14.7. The van der Waals surface area contributed by atoms with E-state index >= 15 is 0 Å². The molecule has 2 aromatic rings. The largest absolute Gasteiger partial charge is 0.347 e. The number of hydrogen-bond acceptors (Lipinski definition) is 2. The number of carbonyl (C=O) groups is 2. The Morgan fingerprint density at radius 1 is 1.00 bits per heavy atom. The molecule has 0 heterocycles. The van der Waals surface area contributed by atoms with Crippen LogP contribution < -0.4 is 10.6 Å². The Balaban J connectivity index is 1.92. The minimum atomic E-state index is -0.664. The van der Waals surface area contributed by atoms with E-state index in [1.54, 1.807) is 12.1 Å². The van der Waals surface area contributed by atoms with E-state index in [1.165, 1.54) is 0 Å². The minimum Gasteiger partial charge on any atom is -0.347 e. The highest BCUT2D eigenvalue weighted by atomic mass is 35.5. The monoisotopic (exact) mass is 358 g/mol. The summed E-state index contributed by atoms with van der Waals surface area (Å²) in [4.78, 5) is 24.2. The molecule has 0 saturated carbocycles. The average Bonchev–Trinajstić information content (AvgIpc) is 2.54. The fourth-order valence-electron chi connectivity index (χ4n) is 2.52. The standard InChI is InChI=1S/C20H23ClN2O2/c1-20(2,3)16-9-4-5-10-17(16)23-19(25)18(24)22-12-11-14-7-6-8-15(21)13-14/h4-10,13H,11-12H2,1-3H3,(H,22,24)(H,23,25). The lowest BCUT2D eigenvalue weighted by atomic mass is 9.86. The van der Waals surface area contributed by atoms with Crippen LogP contribution >= 0.6 is 11.6 Å². The molecule has 2 N–H and O–H groups in total. The molecule has 2 aromatic carbocycles. The highest BCUT2D eigenvalue weighted by molar-refractivity contribution is 6.39. The van der Waals surface area contributed by atoms with E-state index in [1.807, 2.05) is 36.4 Å². The van der Waals surface area contributed by atoms with Gasteiger partial charge in [0.2, 0.25) is 0 Å². The molecule has 0 aromatic heterocycles. The van der Waals surface area contributed by atoms with Crippen molar-refractivity contribution in [3.63, 3.8) is 0 Å². The normalized spacial score (nSPS) is 11.0. The zero-order valence-corrected chi connectivity index (χ0v) is 15.5. The quantitative estimate of drug-likeness (QED) is 0.813. The van der Waals surface area contributed by atoms with E-state index in [4.69, 9.17) is 11.6 Å². The molecule has 0 atom stereocenters. The van der Waals surface area contributed by atoms with Crippen molar-refractivity contribution >= 4 is 29.1 Å². The van der Waals surface area contributed by atoms with Crippen LogP contribution in [0.5, 0.6) is 0 Å². The summed E-state index contributed by atoms with van der Waals surface area (Å²) in [5.41, 5.74) is 2.51. The van der Waals surface area contributed by atoms with Gasteiger partial charge in [0.25, 0.3) is 0 Å². The van der Waals surface area contributed by atoms with Gasteiger partial charge in [0.1, 0.15) is 0 Å².